The van der Waals surface area contributed by atoms with Crippen molar-refractivity contribution < 1.29 is 19.1 Å². The van der Waals surface area contributed by atoms with Crippen LogP contribution in [-0.2, 0) is 17.8 Å². The number of carbonyl (C=O) groups excluding carboxylic acids is 2. The molecule has 8 nitrogen and oxygen atoms in total. The molecule has 0 atom stereocenters. The van der Waals surface area contributed by atoms with Crippen LogP contribution in [0.3, 0.4) is 0 Å². The summed E-state index contributed by atoms with van der Waals surface area (Å²) in [7, 11) is 1.41. The number of nitrogens with zero attached hydrogens (tertiary/aromatic N) is 2. The van der Waals surface area contributed by atoms with Crippen LogP contribution in [0, 0.1) is 0 Å². The van der Waals surface area contributed by atoms with Gasteiger partial charge in [0, 0.05) is 11.6 Å². The van der Waals surface area contributed by atoms with Gasteiger partial charge in [-0.15, -0.1) is 0 Å². The number of aromatic nitrogens is 2. The Bertz CT molecular complexity index is 1080. The maximum Gasteiger partial charge on any atom is 0.257 e. The molecule has 3 aromatic rings. The molecule has 0 aliphatic carbocycles. The first-order chi connectivity index (χ1) is 14.9. The second kappa shape index (κ2) is 9.99. The molecule has 0 saturated carbocycles. The molecule has 2 amide bonds. The molecule has 0 spiro atoms. The molecule has 162 valence electrons. The predicted octanol–water partition coefficient (Wildman–Crippen LogP) is 3.27. The van der Waals surface area contributed by atoms with E-state index in [0.717, 1.165) is 12.0 Å². The van der Waals surface area contributed by atoms with Crippen LogP contribution in [0.15, 0.2) is 48.7 Å². The van der Waals surface area contributed by atoms with Crippen molar-refractivity contribution in [3.63, 3.8) is 0 Å². The van der Waals surface area contributed by atoms with Crippen molar-refractivity contribution in [2.24, 2.45) is 5.73 Å². The number of primary amides is 1. The summed E-state index contributed by atoms with van der Waals surface area (Å²) in [6, 6.07) is 12.9. The van der Waals surface area contributed by atoms with Gasteiger partial charge in [0.05, 0.1) is 24.9 Å². The van der Waals surface area contributed by atoms with E-state index in [1.165, 1.54) is 24.8 Å². The van der Waals surface area contributed by atoms with E-state index in [-0.39, 0.29) is 28.7 Å². The second-order valence-electron chi connectivity index (χ2n) is 6.74. The third kappa shape index (κ3) is 5.55. The van der Waals surface area contributed by atoms with Crippen LogP contribution >= 0.6 is 11.6 Å². The Morgan fingerprint density at radius 3 is 2.52 bits per heavy atom. The lowest BCUT2D eigenvalue weighted by molar-refractivity contribution is -0.119. The zero-order valence-corrected chi connectivity index (χ0v) is 18.0. The molecule has 0 fully saturated rings. The number of hydrogen-bond donors (Lipinski definition) is 2. The number of methoxy groups -OCH3 is 1. The van der Waals surface area contributed by atoms with Gasteiger partial charge < -0.3 is 20.5 Å². The number of amides is 2. The zero-order valence-electron chi connectivity index (χ0n) is 17.2. The SMILES string of the molecule is CCc1ccc(Cn2nccc2NC(=O)c2cc(Cl)c(OCC(N)=O)c(OC)c2)cc1. The van der Waals surface area contributed by atoms with Crippen molar-refractivity contribution in [3.05, 3.63) is 70.4 Å². The molecule has 0 radical (unpaired) electrons. The summed E-state index contributed by atoms with van der Waals surface area (Å²) in [6.45, 7) is 2.25. The highest BCUT2D eigenvalue weighted by atomic mass is 35.5. The first-order valence-electron chi connectivity index (χ1n) is 9.60. The Kier molecular flexibility index (Phi) is 7.15. The van der Waals surface area contributed by atoms with Gasteiger partial charge >= 0.3 is 0 Å². The first kappa shape index (κ1) is 22.2. The number of halogens is 1. The van der Waals surface area contributed by atoms with E-state index in [2.05, 4.69) is 29.5 Å². The van der Waals surface area contributed by atoms with E-state index in [9.17, 15) is 9.59 Å². The van der Waals surface area contributed by atoms with Crippen molar-refractivity contribution in [3.8, 4) is 11.5 Å². The number of nitrogens with two attached hydrogens (primary N) is 1. The smallest absolute Gasteiger partial charge is 0.257 e. The number of benzene rings is 2. The number of hydrogen-bond acceptors (Lipinski definition) is 5. The molecule has 3 N–H and O–H groups in total. The van der Waals surface area contributed by atoms with E-state index < -0.39 is 11.8 Å². The van der Waals surface area contributed by atoms with Crippen LogP contribution < -0.4 is 20.5 Å². The van der Waals surface area contributed by atoms with E-state index in [1.54, 1.807) is 16.9 Å². The minimum absolute atomic E-state index is 0.121. The average Bonchev–Trinajstić information content (AvgIpc) is 3.19. The van der Waals surface area contributed by atoms with E-state index in [1.807, 2.05) is 12.1 Å². The zero-order chi connectivity index (χ0) is 22.4. The highest BCUT2D eigenvalue weighted by Gasteiger charge is 2.18. The van der Waals surface area contributed by atoms with Crippen LogP contribution in [0.5, 0.6) is 11.5 Å². The Balaban J connectivity index is 1.76. The van der Waals surface area contributed by atoms with Crippen LogP contribution in [0.2, 0.25) is 5.02 Å². The fourth-order valence-electron chi connectivity index (χ4n) is 2.94. The highest BCUT2D eigenvalue weighted by Crippen LogP contribution is 2.36. The largest absolute Gasteiger partial charge is 0.493 e. The third-order valence-corrected chi connectivity index (χ3v) is 4.85. The van der Waals surface area contributed by atoms with Crippen molar-refractivity contribution in [1.29, 1.82) is 0 Å². The van der Waals surface area contributed by atoms with Crippen molar-refractivity contribution in [2.45, 2.75) is 19.9 Å². The molecule has 0 bridgehead atoms. The molecular weight excluding hydrogens is 420 g/mol. The molecule has 0 unspecified atom stereocenters. The monoisotopic (exact) mass is 442 g/mol. The van der Waals surface area contributed by atoms with Gasteiger partial charge in [0.25, 0.3) is 11.8 Å². The Morgan fingerprint density at radius 2 is 1.87 bits per heavy atom. The van der Waals surface area contributed by atoms with Gasteiger partial charge in [0.1, 0.15) is 5.82 Å². The van der Waals surface area contributed by atoms with Gasteiger partial charge in [-0.2, -0.15) is 5.10 Å². The lowest BCUT2D eigenvalue weighted by Gasteiger charge is -2.14. The number of rotatable bonds is 9. The quantitative estimate of drug-likeness (QED) is 0.528. The molecule has 0 saturated heterocycles. The number of ether oxygens (including phenoxy) is 2. The number of aryl methyl sites for hydroxylation is 1. The Labute approximate surface area is 184 Å². The molecular formula is C22H23ClN4O4. The molecule has 9 heteroatoms. The van der Waals surface area contributed by atoms with Crippen molar-refractivity contribution in [1.82, 2.24) is 9.78 Å². The minimum atomic E-state index is -0.655. The summed E-state index contributed by atoms with van der Waals surface area (Å²) >= 11 is 6.23. The van der Waals surface area contributed by atoms with E-state index >= 15 is 0 Å². The summed E-state index contributed by atoms with van der Waals surface area (Å²) in [5.41, 5.74) is 7.68. The van der Waals surface area contributed by atoms with Gasteiger partial charge in [-0.3, -0.25) is 9.59 Å². The molecule has 2 aromatic carbocycles. The number of nitrogens with one attached hydrogen (secondary N) is 1. The van der Waals surface area contributed by atoms with Gasteiger partial charge in [-0.05, 0) is 29.7 Å². The topological polar surface area (TPSA) is 108 Å². The third-order valence-electron chi connectivity index (χ3n) is 4.57. The standard InChI is InChI=1S/C22H23ClN4O4/c1-3-14-4-6-15(7-5-14)12-27-20(8-9-25-27)26-22(29)16-10-17(23)21(18(11-16)30-2)31-13-19(24)28/h4-11H,3,12-13H2,1-2H3,(H2,24,28)(H,26,29). The van der Waals surface area contributed by atoms with Gasteiger partial charge in [-0.25, -0.2) is 4.68 Å². The van der Waals surface area contributed by atoms with Crippen LogP contribution in [0.25, 0.3) is 0 Å². The van der Waals surface area contributed by atoms with Gasteiger partial charge in [0.15, 0.2) is 18.1 Å². The lowest BCUT2D eigenvalue weighted by Crippen LogP contribution is -2.20. The summed E-state index contributed by atoms with van der Waals surface area (Å²) < 4.78 is 12.2. The summed E-state index contributed by atoms with van der Waals surface area (Å²) in [5.74, 6) is -0.167. The van der Waals surface area contributed by atoms with Gasteiger partial charge in [0.2, 0.25) is 0 Å². The average molecular weight is 443 g/mol. The molecule has 3 rings (SSSR count). The fraction of sp³-hybridized carbons (Fsp3) is 0.227. The second-order valence-corrected chi connectivity index (χ2v) is 7.15. The van der Waals surface area contributed by atoms with Crippen LogP contribution in [-0.4, -0.2) is 35.3 Å². The van der Waals surface area contributed by atoms with E-state index in [4.69, 9.17) is 26.8 Å². The Hall–Kier alpha value is -3.52. The fourth-order valence-corrected chi connectivity index (χ4v) is 3.21. The molecule has 0 aliphatic rings. The van der Waals surface area contributed by atoms with E-state index in [0.29, 0.717) is 12.4 Å². The van der Waals surface area contributed by atoms with Crippen molar-refractivity contribution in [2.75, 3.05) is 19.0 Å². The maximum absolute atomic E-state index is 12.8. The van der Waals surface area contributed by atoms with Crippen molar-refractivity contribution >= 4 is 29.2 Å². The molecule has 0 aliphatic heterocycles. The summed E-state index contributed by atoms with van der Waals surface area (Å²) in [4.78, 5) is 23.8. The first-order valence-corrected chi connectivity index (χ1v) is 9.98. The molecule has 31 heavy (non-hydrogen) atoms. The molecule has 1 heterocycles. The van der Waals surface area contributed by atoms with Crippen LogP contribution in [0.1, 0.15) is 28.4 Å². The maximum atomic E-state index is 12.8. The number of carbonyl (C=O) groups is 2. The highest BCUT2D eigenvalue weighted by molar-refractivity contribution is 6.32. The summed E-state index contributed by atoms with van der Waals surface area (Å²) in [6.07, 6.45) is 2.59. The normalized spacial score (nSPS) is 10.5. The summed E-state index contributed by atoms with van der Waals surface area (Å²) in [5, 5.41) is 7.25. The predicted molar refractivity (Wildman–Crippen MR) is 118 cm³/mol. The number of anilines is 1. The van der Waals surface area contributed by atoms with Crippen LogP contribution in [0.4, 0.5) is 5.82 Å². The lowest BCUT2D eigenvalue weighted by atomic mass is 10.1. The van der Waals surface area contributed by atoms with Gasteiger partial charge in [-0.1, -0.05) is 42.8 Å². The minimum Gasteiger partial charge on any atom is -0.493 e. The molecule has 1 aromatic heterocycles. The Morgan fingerprint density at radius 1 is 1.16 bits per heavy atom.